The van der Waals surface area contributed by atoms with Crippen molar-refractivity contribution in [2.24, 2.45) is 0 Å². The van der Waals surface area contributed by atoms with Gasteiger partial charge >= 0.3 is 18.0 Å². The van der Waals surface area contributed by atoms with Gasteiger partial charge in [0.15, 0.2) is 11.6 Å². The lowest BCUT2D eigenvalue weighted by Crippen LogP contribution is -2.50. The Morgan fingerprint density at radius 2 is 1.78 bits per heavy atom. The summed E-state index contributed by atoms with van der Waals surface area (Å²) < 4.78 is 108. The second-order valence-electron chi connectivity index (χ2n) is 9.00. The number of carbonyl (C=O) groups is 1. The normalized spacial score (nSPS) is 12.9. The summed E-state index contributed by atoms with van der Waals surface area (Å²) >= 11 is 0.720. The minimum atomic E-state index is -6.68. The number of tetrazole rings is 1. The number of rotatable bonds is 9. The maximum atomic E-state index is 14.6. The third kappa shape index (κ3) is 5.92. The second-order valence-corrected chi connectivity index (χ2v) is 9.97. The number of amides is 1. The summed E-state index contributed by atoms with van der Waals surface area (Å²) in [6, 6.07) is 1.50. The van der Waals surface area contributed by atoms with E-state index in [4.69, 9.17) is 0 Å². The van der Waals surface area contributed by atoms with Gasteiger partial charge in [0, 0.05) is 28.8 Å². The lowest BCUT2D eigenvalue weighted by Gasteiger charge is -2.28. The molecule has 0 bridgehead atoms. The number of aromatic nitrogens is 5. The van der Waals surface area contributed by atoms with Gasteiger partial charge in [-0.3, -0.25) is 14.9 Å². The molecule has 0 atom stereocenters. The van der Waals surface area contributed by atoms with Crippen molar-refractivity contribution < 1.29 is 49.9 Å². The highest BCUT2D eigenvalue weighted by atomic mass is 32.2. The Kier molecular flexibility index (Phi) is 8.32. The van der Waals surface area contributed by atoms with Crippen LogP contribution in [0, 0.1) is 22.9 Å². The number of carbonyl (C=O) groups excluding carboxylic acids is 1. The highest BCUT2D eigenvalue weighted by Crippen LogP contribution is 2.51. The first kappa shape index (κ1) is 31.6. The molecule has 2 heterocycles. The van der Waals surface area contributed by atoms with Crippen molar-refractivity contribution in [1.29, 1.82) is 0 Å². The third-order valence-corrected chi connectivity index (χ3v) is 6.68. The first-order valence-electron chi connectivity index (χ1n) is 10.9. The van der Waals surface area contributed by atoms with Crippen molar-refractivity contribution in [2.45, 2.75) is 54.4 Å². The quantitative estimate of drug-likeness (QED) is 0.196. The number of nitro groups is 1. The van der Waals surface area contributed by atoms with Crippen LogP contribution in [0.4, 0.5) is 46.6 Å². The summed E-state index contributed by atoms with van der Waals surface area (Å²) in [5.41, 5.74) is -4.12. The van der Waals surface area contributed by atoms with Gasteiger partial charge in [-0.2, -0.15) is 30.7 Å². The highest BCUT2D eigenvalue weighted by Gasteiger charge is 2.73. The molecule has 1 amide bonds. The van der Waals surface area contributed by atoms with E-state index in [1.165, 1.54) is 11.6 Å². The number of anilines is 1. The van der Waals surface area contributed by atoms with Gasteiger partial charge in [-0.25, -0.2) is 14.1 Å². The van der Waals surface area contributed by atoms with Crippen molar-refractivity contribution in [3.63, 3.8) is 0 Å². The first-order valence-corrected chi connectivity index (χ1v) is 11.7. The maximum absolute atomic E-state index is 14.6. The molecule has 0 saturated heterocycles. The van der Waals surface area contributed by atoms with Crippen molar-refractivity contribution in [3.05, 3.63) is 57.0 Å². The van der Waals surface area contributed by atoms with Crippen molar-refractivity contribution >= 4 is 29.2 Å². The minimum absolute atomic E-state index is 0.00808. The summed E-state index contributed by atoms with van der Waals surface area (Å²) in [7, 11) is 0. The molecule has 0 aliphatic heterocycles. The van der Waals surface area contributed by atoms with Gasteiger partial charge in [-0.1, -0.05) is 0 Å². The fourth-order valence-electron chi connectivity index (χ4n) is 3.18. The standard InChI is InChI=1S/C21H17F8N7O4S/c1-9-4-11(36(39)40)6-12(14(9)41-17-32-33-34-35(17)18(2,3)8-37)16(38)31-15-13(22)5-10(7-30-15)19(23,24)20(25,26)21(27,28)29/h4-7,37H,8H2,1-3H3,(H,30,31,38). The number of hydrogen-bond acceptors (Lipinski definition) is 9. The van der Waals surface area contributed by atoms with Gasteiger partial charge in [-0.05, 0) is 54.6 Å². The molecule has 2 N–H and O–H groups in total. The summed E-state index contributed by atoms with van der Waals surface area (Å²) in [6.07, 6.45) is -6.86. The SMILES string of the molecule is Cc1cc([N+](=O)[O-])cc(C(=O)Nc2ncc(C(F)(F)C(F)(F)C(F)(F)F)cc2F)c1Sc1nnnn1C(C)(C)CO. The van der Waals surface area contributed by atoms with Crippen LogP contribution in [-0.2, 0) is 11.5 Å². The minimum Gasteiger partial charge on any atom is -0.394 e. The van der Waals surface area contributed by atoms with Gasteiger partial charge in [0.25, 0.3) is 11.6 Å². The number of pyridine rings is 1. The molecule has 20 heteroatoms. The van der Waals surface area contributed by atoms with Gasteiger partial charge < -0.3 is 10.4 Å². The van der Waals surface area contributed by atoms with Crippen LogP contribution in [0.15, 0.2) is 34.4 Å². The zero-order chi connectivity index (χ0) is 31.1. The van der Waals surface area contributed by atoms with Crippen LogP contribution >= 0.6 is 11.8 Å². The number of aryl methyl sites for hydroxylation is 1. The average Bonchev–Trinajstić information content (AvgIpc) is 3.34. The van der Waals surface area contributed by atoms with Crippen LogP contribution in [0.1, 0.15) is 35.3 Å². The molecule has 2 aromatic heterocycles. The number of aliphatic hydroxyl groups is 1. The number of nitrogens with one attached hydrogen (secondary N) is 1. The third-order valence-electron chi connectivity index (χ3n) is 5.50. The zero-order valence-corrected chi connectivity index (χ0v) is 21.6. The van der Waals surface area contributed by atoms with Gasteiger partial charge in [0.05, 0.1) is 22.6 Å². The molecule has 0 spiro atoms. The van der Waals surface area contributed by atoms with Crippen LogP contribution < -0.4 is 5.32 Å². The predicted octanol–water partition coefficient (Wildman–Crippen LogP) is 4.84. The Morgan fingerprint density at radius 1 is 1.15 bits per heavy atom. The van der Waals surface area contributed by atoms with E-state index in [0.29, 0.717) is 0 Å². The molecule has 41 heavy (non-hydrogen) atoms. The molecule has 0 fully saturated rings. The topological polar surface area (TPSA) is 149 Å². The number of nitrogens with zero attached hydrogens (tertiary/aromatic N) is 6. The van der Waals surface area contributed by atoms with E-state index in [2.05, 4.69) is 20.5 Å². The van der Waals surface area contributed by atoms with E-state index in [-0.39, 0.29) is 27.9 Å². The monoisotopic (exact) mass is 615 g/mol. The first-order chi connectivity index (χ1) is 18.7. The largest absolute Gasteiger partial charge is 0.460 e. The molecule has 0 aliphatic rings. The lowest BCUT2D eigenvalue weighted by molar-refractivity contribution is -0.385. The average molecular weight is 615 g/mol. The Labute approximate surface area is 228 Å². The smallest absolute Gasteiger partial charge is 0.394 e. The highest BCUT2D eigenvalue weighted by molar-refractivity contribution is 7.99. The summed E-state index contributed by atoms with van der Waals surface area (Å²) in [6.45, 7) is 4.08. The number of nitro benzene ring substituents is 1. The molecule has 11 nitrogen and oxygen atoms in total. The molecule has 222 valence electrons. The van der Waals surface area contributed by atoms with Gasteiger partial charge in [0.1, 0.15) is 0 Å². The predicted molar refractivity (Wildman–Crippen MR) is 123 cm³/mol. The number of aliphatic hydroxyl groups excluding tert-OH is 1. The van der Waals surface area contributed by atoms with Gasteiger partial charge in [0.2, 0.25) is 5.16 Å². The Bertz CT molecular complexity index is 1500. The van der Waals surface area contributed by atoms with E-state index in [1.807, 2.05) is 5.32 Å². The van der Waals surface area contributed by atoms with E-state index >= 15 is 0 Å². The lowest BCUT2D eigenvalue weighted by atomic mass is 10.0. The maximum Gasteiger partial charge on any atom is 0.460 e. The fourth-order valence-corrected chi connectivity index (χ4v) is 4.29. The van der Waals surface area contributed by atoms with Crippen LogP contribution in [0.5, 0.6) is 0 Å². The molecular formula is C21H17F8N7O4S. The Morgan fingerprint density at radius 3 is 2.32 bits per heavy atom. The number of alkyl halides is 7. The summed E-state index contributed by atoms with van der Waals surface area (Å²) in [5, 5.41) is 33.9. The van der Waals surface area contributed by atoms with Crippen LogP contribution in [0.2, 0.25) is 0 Å². The van der Waals surface area contributed by atoms with E-state index < -0.39 is 69.4 Å². The number of non-ortho nitro benzene ring substituents is 1. The molecular weight excluding hydrogens is 598 g/mol. The molecule has 3 aromatic rings. The van der Waals surface area contributed by atoms with Crippen LogP contribution in [0.3, 0.4) is 0 Å². The Balaban J connectivity index is 2.03. The summed E-state index contributed by atoms with van der Waals surface area (Å²) in [4.78, 5) is 26.7. The van der Waals surface area contributed by atoms with Crippen LogP contribution in [0.25, 0.3) is 0 Å². The van der Waals surface area contributed by atoms with Crippen LogP contribution in [-0.4, -0.2) is 59.8 Å². The molecule has 0 aliphatic carbocycles. The number of halogens is 8. The van der Waals surface area contributed by atoms with Crippen molar-refractivity contribution in [2.75, 3.05) is 11.9 Å². The zero-order valence-electron chi connectivity index (χ0n) is 20.8. The van der Waals surface area contributed by atoms with Crippen molar-refractivity contribution in [3.8, 4) is 0 Å². The fraction of sp³-hybridized carbons (Fsp3) is 0.381. The van der Waals surface area contributed by atoms with E-state index in [9.17, 15) is 55.1 Å². The van der Waals surface area contributed by atoms with E-state index in [1.54, 1.807) is 13.8 Å². The van der Waals surface area contributed by atoms with Gasteiger partial charge in [-0.15, -0.1) is 5.10 Å². The van der Waals surface area contributed by atoms with E-state index in [0.717, 1.165) is 23.9 Å². The number of hydrogen-bond donors (Lipinski definition) is 2. The molecule has 0 unspecified atom stereocenters. The second kappa shape index (κ2) is 10.8. The number of benzene rings is 1. The molecule has 0 radical (unpaired) electrons. The van der Waals surface area contributed by atoms with Crippen molar-refractivity contribution in [1.82, 2.24) is 25.2 Å². The molecule has 1 aromatic carbocycles. The molecule has 3 rings (SSSR count). The summed E-state index contributed by atoms with van der Waals surface area (Å²) in [5.74, 6) is -16.9. The molecule has 0 saturated carbocycles. The Hall–Kier alpha value is -3.94.